The summed E-state index contributed by atoms with van der Waals surface area (Å²) < 4.78 is 0. The lowest BCUT2D eigenvalue weighted by Crippen LogP contribution is -2.48. The molecule has 0 aromatic heterocycles. The molecule has 0 saturated carbocycles. The van der Waals surface area contributed by atoms with E-state index in [-0.39, 0.29) is 24.3 Å². The fourth-order valence-corrected chi connectivity index (χ4v) is 1.80. The number of carboxylic acid groups (broad SMARTS) is 1. The Labute approximate surface area is 107 Å². The molecule has 1 unspecified atom stereocenters. The number of nitrogens with two attached hydrogens (primary N) is 1. The average molecular weight is 262 g/mol. The fraction of sp³-hybridized carbons (Fsp3) is 0.818. The molecule has 0 spiro atoms. The van der Waals surface area contributed by atoms with E-state index in [1.165, 1.54) is 0 Å². The third kappa shape index (κ3) is 7.23. The molecule has 6 heteroatoms. The highest BCUT2D eigenvalue weighted by molar-refractivity contribution is 7.98. The van der Waals surface area contributed by atoms with Crippen LogP contribution in [0.5, 0.6) is 0 Å². The Morgan fingerprint density at radius 3 is 2.41 bits per heavy atom. The zero-order chi connectivity index (χ0) is 13.4. The van der Waals surface area contributed by atoms with Crippen LogP contribution in [-0.2, 0) is 9.59 Å². The molecule has 0 rings (SSSR count). The maximum absolute atomic E-state index is 11.7. The summed E-state index contributed by atoms with van der Waals surface area (Å²) >= 11 is 1.63. The Morgan fingerprint density at radius 1 is 1.41 bits per heavy atom. The van der Waals surface area contributed by atoms with E-state index in [9.17, 15) is 9.59 Å². The van der Waals surface area contributed by atoms with Crippen LogP contribution in [0.1, 0.15) is 26.7 Å². The van der Waals surface area contributed by atoms with Gasteiger partial charge in [0.2, 0.25) is 5.91 Å². The van der Waals surface area contributed by atoms with E-state index in [1.807, 2.05) is 20.1 Å². The number of carbonyl (C=O) groups is 2. The predicted octanol–water partition coefficient (Wildman–Crippen LogP) is 0.682. The number of amides is 1. The van der Waals surface area contributed by atoms with E-state index in [2.05, 4.69) is 5.32 Å². The Hall–Kier alpha value is -0.750. The molecule has 2 atom stereocenters. The van der Waals surface area contributed by atoms with Gasteiger partial charge in [-0.1, -0.05) is 13.8 Å². The minimum absolute atomic E-state index is 0.0708. The van der Waals surface area contributed by atoms with Crippen LogP contribution < -0.4 is 11.1 Å². The van der Waals surface area contributed by atoms with Gasteiger partial charge in [0.05, 0.1) is 12.5 Å². The van der Waals surface area contributed by atoms with Crippen molar-refractivity contribution in [3.05, 3.63) is 0 Å². The topological polar surface area (TPSA) is 92.4 Å². The molecule has 100 valence electrons. The fourth-order valence-electron chi connectivity index (χ4n) is 1.31. The lowest BCUT2D eigenvalue weighted by atomic mass is 10.0. The first kappa shape index (κ1) is 16.2. The molecule has 0 radical (unpaired) electrons. The molecule has 0 aliphatic heterocycles. The summed E-state index contributed by atoms with van der Waals surface area (Å²) in [6.07, 6.45) is 2.48. The molecule has 0 aromatic carbocycles. The van der Waals surface area contributed by atoms with Crippen molar-refractivity contribution in [1.82, 2.24) is 5.32 Å². The van der Waals surface area contributed by atoms with Crippen LogP contribution in [0.3, 0.4) is 0 Å². The summed E-state index contributed by atoms with van der Waals surface area (Å²) in [5, 5.41) is 11.4. The van der Waals surface area contributed by atoms with Gasteiger partial charge >= 0.3 is 5.97 Å². The van der Waals surface area contributed by atoms with Gasteiger partial charge in [0.25, 0.3) is 0 Å². The van der Waals surface area contributed by atoms with Crippen molar-refractivity contribution in [1.29, 1.82) is 0 Å². The van der Waals surface area contributed by atoms with E-state index in [4.69, 9.17) is 10.8 Å². The van der Waals surface area contributed by atoms with Crippen molar-refractivity contribution >= 4 is 23.6 Å². The summed E-state index contributed by atoms with van der Waals surface area (Å²) in [4.78, 5) is 22.4. The molecule has 17 heavy (non-hydrogen) atoms. The summed E-state index contributed by atoms with van der Waals surface area (Å²) in [6.45, 7) is 3.75. The first-order valence-corrected chi connectivity index (χ1v) is 7.04. The Kier molecular flexibility index (Phi) is 7.99. The summed E-state index contributed by atoms with van der Waals surface area (Å²) in [5.41, 5.74) is 5.71. The highest BCUT2D eigenvalue weighted by atomic mass is 32.2. The molecule has 0 aliphatic carbocycles. The number of carboxylic acids is 1. The van der Waals surface area contributed by atoms with Gasteiger partial charge in [-0.05, 0) is 24.3 Å². The molecule has 5 nitrogen and oxygen atoms in total. The predicted molar refractivity (Wildman–Crippen MR) is 70.0 cm³/mol. The summed E-state index contributed by atoms with van der Waals surface area (Å²) in [5.74, 6) is -0.289. The number of rotatable bonds is 8. The molecule has 1 amide bonds. The van der Waals surface area contributed by atoms with E-state index >= 15 is 0 Å². The SMILES string of the molecule is CSCC[C@@H](N)C(=O)NC(CC(=O)O)C(C)C. The van der Waals surface area contributed by atoms with Crippen LogP contribution in [-0.4, -0.2) is 41.1 Å². The van der Waals surface area contributed by atoms with Gasteiger partial charge in [0, 0.05) is 6.04 Å². The number of thioether (sulfide) groups is 1. The lowest BCUT2D eigenvalue weighted by Gasteiger charge is -2.22. The van der Waals surface area contributed by atoms with E-state index in [0.29, 0.717) is 6.42 Å². The van der Waals surface area contributed by atoms with Crippen molar-refractivity contribution in [3.8, 4) is 0 Å². The highest BCUT2D eigenvalue weighted by Gasteiger charge is 2.22. The van der Waals surface area contributed by atoms with Crippen molar-refractivity contribution in [2.75, 3.05) is 12.0 Å². The number of hydrogen-bond donors (Lipinski definition) is 3. The molecule has 0 bridgehead atoms. The standard InChI is InChI=1S/C11H22N2O3S/c1-7(2)9(6-10(14)15)13-11(16)8(12)4-5-17-3/h7-9H,4-6,12H2,1-3H3,(H,13,16)(H,14,15)/t8-,9?/m1/s1. The van der Waals surface area contributed by atoms with Crippen LogP contribution in [0.15, 0.2) is 0 Å². The zero-order valence-electron chi connectivity index (χ0n) is 10.6. The maximum Gasteiger partial charge on any atom is 0.305 e. The smallest absolute Gasteiger partial charge is 0.305 e. The first-order chi connectivity index (χ1) is 7.88. The van der Waals surface area contributed by atoms with Gasteiger partial charge in [-0.25, -0.2) is 0 Å². The maximum atomic E-state index is 11.7. The quantitative estimate of drug-likeness (QED) is 0.598. The molecule has 4 N–H and O–H groups in total. The average Bonchev–Trinajstić information content (AvgIpc) is 2.23. The van der Waals surface area contributed by atoms with Crippen LogP contribution in [0.2, 0.25) is 0 Å². The Morgan fingerprint density at radius 2 is 2.00 bits per heavy atom. The number of hydrogen-bond acceptors (Lipinski definition) is 4. The van der Waals surface area contributed by atoms with Gasteiger partial charge in [-0.3, -0.25) is 9.59 Å². The van der Waals surface area contributed by atoms with Gasteiger partial charge in [0.15, 0.2) is 0 Å². The molecule has 0 aromatic rings. The lowest BCUT2D eigenvalue weighted by molar-refractivity contribution is -0.138. The van der Waals surface area contributed by atoms with Gasteiger partial charge < -0.3 is 16.2 Å². The van der Waals surface area contributed by atoms with E-state index in [0.717, 1.165) is 5.75 Å². The zero-order valence-corrected chi connectivity index (χ0v) is 11.4. The van der Waals surface area contributed by atoms with Crippen LogP contribution in [0, 0.1) is 5.92 Å². The van der Waals surface area contributed by atoms with Crippen LogP contribution >= 0.6 is 11.8 Å². The molecule has 0 aliphatic rings. The second kappa shape index (κ2) is 8.36. The van der Waals surface area contributed by atoms with Crippen molar-refractivity contribution in [2.45, 2.75) is 38.8 Å². The van der Waals surface area contributed by atoms with Crippen LogP contribution in [0.4, 0.5) is 0 Å². The number of nitrogens with one attached hydrogen (secondary N) is 1. The van der Waals surface area contributed by atoms with Gasteiger partial charge in [-0.15, -0.1) is 0 Å². The molecule has 0 saturated heterocycles. The highest BCUT2D eigenvalue weighted by Crippen LogP contribution is 2.07. The molecular weight excluding hydrogens is 240 g/mol. The third-order valence-corrected chi connectivity index (χ3v) is 3.14. The molecule has 0 fully saturated rings. The van der Waals surface area contributed by atoms with Crippen LogP contribution in [0.25, 0.3) is 0 Å². The second-order valence-corrected chi connectivity index (χ2v) is 5.33. The van der Waals surface area contributed by atoms with E-state index in [1.54, 1.807) is 11.8 Å². The first-order valence-electron chi connectivity index (χ1n) is 5.65. The minimum Gasteiger partial charge on any atom is -0.481 e. The number of aliphatic carboxylic acids is 1. The Bertz CT molecular complexity index is 259. The van der Waals surface area contributed by atoms with E-state index < -0.39 is 12.0 Å². The second-order valence-electron chi connectivity index (χ2n) is 4.34. The van der Waals surface area contributed by atoms with Crippen molar-refractivity contribution < 1.29 is 14.7 Å². The third-order valence-electron chi connectivity index (χ3n) is 2.50. The minimum atomic E-state index is -0.915. The number of carbonyl (C=O) groups excluding carboxylic acids is 1. The van der Waals surface area contributed by atoms with Crippen molar-refractivity contribution in [3.63, 3.8) is 0 Å². The largest absolute Gasteiger partial charge is 0.481 e. The summed E-state index contributed by atoms with van der Waals surface area (Å²) in [7, 11) is 0. The molecular formula is C11H22N2O3S. The van der Waals surface area contributed by atoms with Gasteiger partial charge in [-0.2, -0.15) is 11.8 Å². The van der Waals surface area contributed by atoms with Gasteiger partial charge in [0.1, 0.15) is 0 Å². The molecule has 0 heterocycles. The normalized spacial score (nSPS) is 14.4. The van der Waals surface area contributed by atoms with Crippen molar-refractivity contribution in [2.24, 2.45) is 11.7 Å². The monoisotopic (exact) mass is 262 g/mol. The summed E-state index contributed by atoms with van der Waals surface area (Å²) in [6, 6.07) is -0.919. The Balaban J connectivity index is 4.24.